The minimum Gasteiger partial charge on any atom is -0.494 e. The number of para-hydroxylation sites is 2. The van der Waals surface area contributed by atoms with Gasteiger partial charge in [0.15, 0.2) is 6.61 Å². The molecule has 4 rings (SSSR count). The van der Waals surface area contributed by atoms with E-state index in [1.165, 1.54) is 11.1 Å². The second-order valence-corrected chi connectivity index (χ2v) is 9.30. The van der Waals surface area contributed by atoms with Crippen LogP contribution in [-0.4, -0.2) is 28.7 Å². The third-order valence-corrected chi connectivity index (χ3v) is 6.40. The van der Waals surface area contributed by atoms with Gasteiger partial charge in [0.25, 0.3) is 5.91 Å². The van der Waals surface area contributed by atoms with Gasteiger partial charge in [-0.3, -0.25) is 4.79 Å². The Balaban J connectivity index is 1.31. The maximum absolute atomic E-state index is 12.5. The molecule has 1 N–H and O–H groups in total. The van der Waals surface area contributed by atoms with Crippen LogP contribution in [0.25, 0.3) is 11.0 Å². The summed E-state index contributed by atoms with van der Waals surface area (Å²) in [5.41, 5.74) is 6.62. The largest absolute Gasteiger partial charge is 0.494 e. The Morgan fingerprint density at radius 3 is 2.53 bits per heavy atom. The number of nitrogens with one attached hydrogen (secondary N) is 1. The topological polar surface area (TPSA) is 65.4 Å². The van der Waals surface area contributed by atoms with Crippen LogP contribution in [-0.2, 0) is 17.9 Å². The molecule has 0 radical (unpaired) electrons. The van der Waals surface area contributed by atoms with E-state index in [4.69, 9.17) is 14.5 Å². The molecule has 3 aromatic carbocycles. The first kappa shape index (κ1) is 25.3. The summed E-state index contributed by atoms with van der Waals surface area (Å²) in [5, 5.41) is 2.97. The molecule has 0 aliphatic carbocycles. The van der Waals surface area contributed by atoms with E-state index in [0.717, 1.165) is 58.9 Å². The number of imidazole rings is 1. The normalized spacial score (nSPS) is 11.0. The number of ether oxygens (including phenoxy) is 2. The number of carbonyl (C=O) groups excluding carboxylic acids is 1. The quantitative estimate of drug-likeness (QED) is 0.272. The molecule has 6 heteroatoms. The zero-order valence-electron chi connectivity index (χ0n) is 21.6. The molecule has 6 nitrogen and oxygen atoms in total. The number of aromatic nitrogens is 2. The fraction of sp³-hybridized carbons (Fsp3) is 0.333. The van der Waals surface area contributed by atoms with Crippen LogP contribution >= 0.6 is 0 Å². The molecule has 0 unspecified atom stereocenters. The molecule has 0 atom stereocenters. The number of amides is 1. The highest BCUT2D eigenvalue weighted by atomic mass is 16.5. The summed E-state index contributed by atoms with van der Waals surface area (Å²) in [7, 11) is 0. The van der Waals surface area contributed by atoms with Crippen LogP contribution in [0.3, 0.4) is 0 Å². The number of fused-ring (bicyclic) bond motifs is 1. The lowest BCUT2D eigenvalue weighted by Gasteiger charge is -2.12. The molecule has 1 aromatic heterocycles. The van der Waals surface area contributed by atoms with Gasteiger partial charge < -0.3 is 19.4 Å². The van der Waals surface area contributed by atoms with Gasteiger partial charge in [-0.25, -0.2) is 4.98 Å². The molecule has 0 spiro atoms. The van der Waals surface area contributed by atoms with Crippen LogP contribution in [0.4, 0.5) is 0 Å². The van der Waals surface area contributed by atoms with E-state index in [9.17, 15) is 4.79 Å². The standard InChI is InChI=1S/C30H35N3O3/c1-21-11-12-23(3)28(17-21)36-20-30(34)31-19-29-32-26-9-5-6-10-27(26)33(29)15-7-8-16-35-25-14-13-22(2)24(4)18-25/h5-6,9-14,17-18H,7-8,15-16,19-20H2,1-4H3,(H,31,34). The zero-order valence-corrected chi connectivity index (χ0v) is 21.6. The molecule has 0 aliphatic heterocycles. The highest BCUT2D eigenvalue weighted by molar-refractivity contribution is 5.78. The summed E-state index contributed by atoms with van der Waals surface area (Å²) >= 11 is 0. The van der Waals surface area contributed by atoms with Gasteiger partial charge in [-0.15, -0.1) is 0 Å². The summed E-state index contributed by atoms with van der Waals surface area (Å²) in [5.74, 6) is 2.32. The highest BCUT2D eigenvalue weighted by Crippen LogP contribution is 2.20. The first-order chi connectivity index (χ1) is 17.4. The van der Waals surface area contributed by atoms with E-state index in [-0.39, 0.29) is 12.5 Å². The smallest absolute Gasteiger partial charge is 0.258 e. The summed E-state index contributed by atoms with van der Waals surface area (Å²) in [6, 6.07) is 20.3. The molecule has 0 fully saturated rings. The van der Waals surface area contributed by atoms with Crippen molar-refractivity contribution in [3.63, 3.8) is 0 Å². The number of unbranched alkanes of at least 4 members (excludes halogenated alkanes) is 1. The molecule has 0 saturated carbocycles. The third-order valence-electron chi connectivity index (χ3n) is 6.40. The molecule has 188 valence electrons. The number of carbonyl (C=O) groups is 1. The van der Waals surface area contributed by atoms with Crippen molar-refractivity contribution < 1.29 is 14.3 Å². The van der Waals surface area contributed by atoms with E-state index in [1.54, 1.807) is 0 Å². The number of nitrogens with zero attached hydrogens (tertiary/aromatic N) is 2. The molecular weight excluding hydrogens is 450 g/mol. The van der Waals surface area contributed by atoms with Gasteiger partial charge in [0.05, 0.1) is 24.2 Å². The summed E-state index contributed by atoms with van der Waals surface area (Å²) < 4.78 is 13.9. The van der Waals surface area contributed by atoms with Crippen LogP contribution in [0, 0.1) is 27.7 Å². The minimum atomic E-state index is -0.170. The van der Waals surface area contributed by atoms with Crippen LogP contribution in [0.15, 0.2) is 60.7 Å². The van der Waals surface area contributed by atoms with E-state index < -0.39 is 0 Å². The second kappa shape index (κ2) is 11.8. The lowest BCUT2D eigenvalue weighted by atomic mass is 10.1. The number of rotatable bonds is 11. The first-order valence-electron chi connectivity index (χ1n) is 12.5. The molecule has 1 amide bonds. The van der Waals surface area contributed by atoms with Gasteiger partial charge in [-0.1, -0.05) is 30.3 Å². The van der Waals surface area contributed by atoms with Gasteiger partial charge in [-0.05, 0) is 93.1 Å². The maximum atomic E-state index is 12.5. The summed E-state index contributed by atoms with van der Waals surface area (Å²) in [6.07, 6.45) is 1.87. The van der Waals surface area contributed by atoms with Crippen LogP contribution in [0.2, 0.25) is 0 Å². The van der Waals surface area contributed by atoms with E-state index >= 15 is 0 Å². The van der Waals surface area contributed by atoms with Crippen molar-refractivity contribution in [2.24, 2.45) is 0 Å². The lowest BCUT2D eigenvalue weighted by molar-refractivity contribution is -0.123. The number of benzene rings is 3. The van der Waals surface area contributed by atoms with E-state index in [0.29, 0.717) is 13.2 Å². The summed E-state index contributed by atoms with van der Waals surface area (Å²) in [4.78, 5) is 17.3. The molecule has 36 heavy (non-hydrogen) atoms. The van der Waals surface area contributed by atoms with Crippen LogP contribution in [0.1, 0.15) is 40.9 Å². The molecule has 0 bridgehead atoms. The Morgan fingerprint density at radius 2 is 1.69 bits per heavy atom. The Labute approximate surface area is 213 Å². The lowest BCUT2D eigenvalue weighted by Crippen LogP contribution is -2.29. The predicted octanol–water partition coefficient (Wildman–Crippen LogP) is 5.82. The van der Waals surface area contributed by atoms with Crippen molar-refractivity contribution in [3.05, 3.63) is 88.7 Å². The molecule has 1 heterocycles. The van der Waals surface area contributed by atoms with Gasteiger partial charge >= 0.3 is 0 Å². The minimum absolute atomic E-state index is 0.0274. The average Bonchev–Trinajstić information content (AvgIpc) is 3.22. The summed E-state index contributed by atoms with van der Waals surface area (Å²) in [6.45, 7) is 9.98. The first-order valence-corrected chi connectivity index (χ1v) is 12.5. The zero-order chi connectivity index (χ0) is 25.5. The monoisotopic (exact) mass is 485 g/mol. The average molecular weight is 486 g/mol. The van der Waals surface area contributed by atoms with Crippen molar-refractivity contribution >= 4 is 16.9 Å². The van der Waals surface area contributed by atoms with Gasteiger partial charge in [-0.2, -0.15) is 0 Å². The van der Waals surface area contributed by atoms with Crippen LogP contribution < -0.4 is 14.8 Å². The van der Waals surface area contributed by atoms with Gasteiger partial charge in [0.1, 0.15) is 17.3 Å². The van der Waals surface area contributed by atoms with Gasteiger partial charge in [0.2, 0.25) is 0 Å². The van der Waals surface area contributed by atoms with Crippen molar-refractivity contribution in [2.75, 3.05) is 13.2 Å². The van der Waals surface area contributed by atoms with Crippen molar-refractivity contribution in [1.82, 2.24) is 14.9 Å². The third kappa shape index (κ3) is 6.45. The van der Waals surface area contributed by atoms with E-state index in [1.807, 2.05) is 56.3 Å². The van der Waals surface area contributed by atoms with Gasteiger partial charge in [0, 0.05) is 6.54 Å². The number of aryl methyl sites for hydroxylation is 5. The van der Waals surface area contributed by atoms with Crippen molar-refractivity contribution in [1.29, 1.82) is 0 Å². The van der Waals surface area contributed by atoms with Crippen molar-refractivity contribution in [3.8, 4) is 11.5 Å². The predicted molar refractivity (Wildman–Crippen MR) is 144 cm³/mol. The fourth-order valence-corrected chi connectivity index (χ4v) is 4.11. The maximum Gasteiger partial charge on any atom is 0.258 e. The number of hydrogen-bond donors (Lipinski definition) is 1. The Bertz CT molecular complexity index is 1340. The van der Waals surface area contributed by atoms with E-state index in [2.05, 4.69) is 41.9 Å². The van der Waals surface area contributed by atoms with Crippen molar-refractivity contribution in [2.45, 2.75) is 53.6 Å². The Morgan fingerprint density at radius 1 is 0.889 bits per heavy atom. The molecule has 4 aromatic rings. The molecule has 0 aliphatic rings. The van der Waals surface area contributed by atoms with Crippen LogP contribution in [0.5, 0.6) is 11.5 Å². The fourth-order valence-electron chi connectivity index (χ4n) is 4.11. The SMILES string of the molecule is Cc1ccc(C)c(OCC(=O)NCc2nc3ccccc3n2CCCCOc2ccc(C)c(C)c2)c1. The second-order valence-electron chi connectivity index (χ2n) is 9.30. The Kier molecular flexibility index (Phi) is 8.26. The molecule has 0 saturated heterocycles. The number of hydrogen-bond acceptors (Lipinski definition) is 4. The Hall–Kier alpha value is -3.80. The highest BCUT2D eigenvalue weighted by Gasteiger charge is 2.12. The molecular formula is C30H35N3O3.